The molecule has 0 aromatic carbocycles. The fourth-order valence-electron chi connectivity index (χ4n) is 1.32. The lowest BCUT2D eigenvalue weighted by Gasteiger charge is -2.20. The van der Waals surface area contributed by atoms with Crippen molar-refractivity contribution in [3.63, 3.8) is 0 Å². The van der Waals surface area contributed by atoms with Crippen LogP contribution in [0.5, 0.6) is 0 Å². The molecule has 0 bridgehead atoms. The van der Waals surface area contributed by atoms with E-state index in [1.54, 1.807) is 18.5 Å². The Morgan fingerprint density at radius 3 is 2.67 bits per heavy atom. The Morgan fingerprint density at radius 2 is 2.20 bits per heavy atom. The number of pyridine rings is 1. The van der Waals surface area contributed by atoms with Crippen molar-refractivity contribution >= 4 is 11.7 Å². The quantitative estimate of drug-likeness (QED) is 0.793. The summed E-state index contributed by atoms with van der Waals surface area (Å²) in [6, 6.07) is 1.22. The summed E-state index contributed by atoms with van der Waals surface area (Å²) in [6.07, 6.45) is 3.36. The summed E-state index contributed by atoms with van der Waals surface area (Å²) in [5, 5.41) is 12.0. The first kappa shape index (κ1) is 11.5. The number of anilines is 1. The third kappa shape index (κ3) is 2.94. The van der Waals surface area contributed by atoms with Crippen LogP contribution in [-0.2, 0) is 4.79 Å². The highest BCUT2D eigenvalue weighted by Gasteiger charge is 2.21. The van der Waals surface area contributed by atoms with E-state index in [2.05, 4.69) is 10.3 Å². The van der Waals surface area contributed by atoms with E-state index in [-0.39, 0.29) is 5.92 Å². The number of nitrogens with one attached hydrogen (secondary N) is 1. The van der Waals surface area contributed by atoms with Gasteiger partial charge >= 0.3 is 5.97 Å². The van der Waals surface area contributed by atoms with Crippen molar-refractivity contribution in [1.82, 2.24) is 4.98 Å². The van der Waals surface area contributed by atoms with Crippen LogP contribution >= 0.6 is 0 Å². The van der Waals surface area contributed by atoms with Gasteiger partial charge in [0, 0.05) is 18.1 Å². The van der Waals surface area contributed by atoms with Gasteiger partial charge in [0.1, 0.15) is 6.04 Å². The zero-order valence-corrected chi connectivity index (χ0v) is 9.19. The van der Waals surface area contributed by atoms with Gasteiger partial charge in [-0.05, 0) is 24.5 Å². The molecule has 4 nitrogen and oxygen atoms in total. The molecule has 4 heteroatoms. The molecule has 1 aromatic heterocycles. The number of carboxylic acids is 1. The van der Waals surface area contributed by atoms with Gasteiger partial charge in [-0.3, -0.25) is 4.98 Å². The predicted molar refractivity (Wildman–Crippen MR) is 58.9 cm³/mol. The lowest BCUT2D eigenvalue weighted by molar-refractivity contribution is -0.138. The van der Waals surface area contributed by atoms with E-state index in [1.807, 2.05) is 20.8 Å². The van der Waals surface area contributed by atoms with Crippen molar-refractivity contribution < 1.29 is 9.90 Å². The molecule has 1 rings (SSSR count). The van der Waals surface area contributed by atoms with E-state index in [1.165, 1.54) is 0 Å². The Bertz CT molecular complexity index is 350. The number of aromatic nitrogens is 1. The minimum Gasteiger partial charge on any atom is -0.480 e. The first-order chi connectivity index (χ1) is 7.02. The number of rotatable bonds is 4. The summed E-state index contributed by atoms with van der Waals surface area (Å²) in [7, 11) is 0. The summed E-state index contributed by atoms with van der Waals surface area (Å²) in [6.45, 7) is 5.65. The molecule has 1 heterocycles. The molecule has 0 spiro atoms. The van der Waals surface area contributed by atoms with Gasteiger partial charge in [0.15, 0.2) is 0 Å². The van der Waals surface area contributed by atoms with Crippen molar-refractivity contribution in [2.45, 2.75) is 26.8 Å². The topological polar surface area (TPSA) is 62.2 Å². The summed E-state index contributed by atoms with van der Waals surface area (Å²) in [5.74, 6) is -0.795. The molecule has 1 aromatic rings. The summed E-state index contributed by atoms with van der Waals surface area (Å²) < 4.78 is 0. The van der Waals surface area contributed by atoms with Gasteiger partial charge in [0.25, 0.3) is 0 Å². The molecule has 2 N–H and O–H groups in total. The minimum atomic E-state index is -0.832. The molecule has 0 fully saturated rings. The highest BCUT2D eigenvalue weighted by atomic mass is 16.4. The molecule has 1 atom stereocenters. The van der Waals surface area contributed by atoms with Crippen LogP contribution in [0.25, 0.3) is 0 Å². The smallest absolute Gasteiger partial charge is 0.326 e. The second-order valence-corrected chi connectivity index (χ2v) is 3.89. The van der Waals surface area contributed by atoms with Gasteiger partial charge < -0.3 is 10.4 Å². The summed E-state index contributed by atoms with van der Waals surface area (Å²) in [4.78, 5) is 14.9. The molecule has 0 aliphatic carbocycles. The van der Waals surface area contributed by atoms with Crippen LogP contribution in [0.15, 0.2) is 18.5 Å². The van der Waals surface area contributed by atoms with Crippen LogP contribution < -0.4 is 5.32 Å². The SMILES string of the molecule is Cc1cnccc1NC(C(=O)O)C(C)C. The molecular formula is C11H16N2O2. The highest BCUT2D eigenvalue weighted by molar-refractivity contribution is 5.78. The number of hydrogen-bond donors (Lipinski definition) is 2. The highest BCUT2D eigenvalue weighted by Crippen LogP contribution is 2.16. The number of hydrogen-bond acceptors (Lipinski definition) is 3. The number of aliphatic carboxylic acids is 1. The fourth-order valence-corrected chi connectivity index (χ4v) is 1.32. The Hall–Kier alpha value is -1.58. The molecule has 82 valence electrons. The maximum Gasteiger partial charge on any atom is 0.326 e. The zero-order valence-electron chi connectivity index (χ0n) is 9.19. The van der Waals surface area contributed by atoms with Crippen molar-refractivity contribution in [1.29, 1.82) is 0 Å². The van der Waals surface area contributed by atoms with Crippen LogP contribution in [0.1, 0.15) is 19.4 Å². The van der Waals surface area contributed by atoms with Crippen LogP contribution in [0.3, 0.4) is 0 Å². The standard InChI is InChI=1S/C11H16N2O2/c1-7(2)10(11(14)15)13-9-4-5-12-6-8(9)3/h4-7,10H,1-3H3,(H,12,13)(H,14,15). The molecule has 0 saturated heterocycles. The van der Waals surface area contributed by atoms with Gasteiger partial charge in [0.05, 0.1) is 0 Å². The van der Waals surface area contributed by atoms with Gasteiger partial charge in [-0.2, -0.15) is 0 Å². The number of aryl methyl sites for hydroxylation is 1. The normalized spacial score (nSPS) is 12.5. The van der Waals surface area contributed by atoms with Gasteiger partial charge in [0.2, 0.25) is 0 Å². The lowest BCUT2D eigenvalue weighted by Crippen LogP contribution is -2.34. The molecule has 0 amide bonds. The fraction of sp³-hybridized carbons (Fsp3) is 0.455. The maximum absolute atomic E-state index is 11.0. The van der Waals surface area contributed by atoms with Crippen LogP contribution in [-0.4, -0.2) is 22.1 Å². The Balaban J connectivity index is 2.84. The van der Waals surface area contributed by atoms with E-state index in [9.17, 15) is 4.79 Å². The van der Waals surface area contributed by atoms with Crippen LogP contribution in [0, 0.1) is 12.8 Å². The average molecular weight is 208 g/mol. The first-order valence-electron chi connectivity index (χ1n) is 4.92. The van der Waals surface area contributed by atoms with Crippen molar-refractivity contribution in [3.8, 4) is 0 Å². The Morgan fingerprint density at radius 1 is 1.53 bits per heavy atom. The molecule has 0 aliphatic rings. The van der Waals surface area contributed by atoms with Gasteiger partial charge in [-0.15, -0.1) is 0 Å². The second-order valence-electron chi connectivity index (χ2n) is 3.89. The average Bonchev–Trinajstić information content (AvgIpc) is 2.15. The van der Waals surface area contributed by atoms with Crippen molar-refractivity contribution in [2.75, 3.05) is 5.32 Å². The largest absolute Gasteiger partial charge is 0.480 e. The molecule has 0 aliphatic heterocycles. The van der Waals surface area contributed by atoms with Gasteiger partial charge in [-0.25, -0.2) is 4.79 Å². The predicted octanol–water partition coefficient (Wildman–Crippen LogP) is 1.91. The van der Waals surface area contributed by atoms with Crippen LogP contribution in [0.4, 0.5) is 5.69 Å². The van der Waals surface area contributed by atoms with Crippen molar-refractivity contribution in [3.05, 3.63) is 24.0 Å². The zero-order chi connectivity index (χ0) is 11.4. The molecule has 1 unspecified atom stereocenters. The minimum absolute atomic E-state index is 0.0371. The summed E-state index contributed by atoms with van der Waals surface area (Å²) >= 11 is 0. The Kier molecular flexibility index (Phi) is 3.66. The lowest BCUT2D eigenvalue weighted by atomic mass is 10.0. The first-order valence-corrected chi connectivity index (χ1v) is 4.92. The maximum atomic E-state index is 11.0. The van der Waals surface area contributed by atoms with E-state index in [4.69, 9.17) is 5.11 Å². The molecule has 0 saturated carbocycles. The number of nitrogens with zero attached hydrogens (tertiary/aromatic N) is 1. The summed E-state index contributed by atoms with van der Waals surface area (Å²) in [5.41, 5.74) is 1.77. The second kappa shape index (κ2) is 4.77. The molecular weight excluding hydrogens is 192 g/mol. The Labute approximate surface area is 89.3 Å². The number of carbonyl (C=O) groups is 1. The van der Waals surface area contributed by atoms with E-state index >= 15 is 0 Å². The monoisotopic (exact) mass is 208 g/mol. The van der Waals surface area contributed by atoms with E-state index in [0.29, 0.717) is 0 Å². The van der Waals surface area contributed by atoms with E-state index in [0.717, 1.165) is 11.3 Å². The van der Waals surface area contributed by atoms with Gasteiger partial charge in [-0.1, -0.05) is 13.8 Å². The molecule has 0 radical (unpaired) electrons. The third-order valence-corrected chi connectivity index (χ3v) is 2.26. The third-order valence-electron chi connectivity index (χ3n) is 2.26. The van der Waals surface area contributed by atoms with Crippen molar-refractivity contribution in [2.24, 2.45) is 5.92 Å². The van der Waals surface area contributed by atoms with Crippen LogP contribution in [0.2, 0.25) is 0 Å². The number of carboxylic acid groups (broad SMARTS) is 1. The van der Waals surface area contributed by atoms with E-state index < -0.39 is 12.0 Å². The molecule has 15 heavy (non-hydrogen) atoms.